The molecule has 0 bridgehead atoms. The molecule has 1 aromatic heterocycles. The normalized spacial score (nSPS) is 12.7. The molecule has 2 rings (SSSR count). The maximum Gasteiger partial charge on any atom is 0.134 e. The number of benzene rings is 1. The molecule has 102 valence electrons. The Bertz CT molecular complexity index is 554. The number of nitrogens with one attached hydrogen (secondary N) is 1. The number of pyridine rings is 1. The van der Waals surface area contributed by atoms with E-state index < -0.39 is 0 Å². The average molecular weight is 259 g/mol. The highest BCUT2D eigenvalue weighted by Gasteiger charge is 2.08. The molecule has 1 heterocycles. The van der Waals surface area contributed by atoms with Gasteiger partial charge in [-0.05, 0) is 33.2 Å². The molecule has 0 aliphatic carbocycles. The number of hydrogen-bond acceptors (Lipinski definition) is 4. The van der Waals surface area contributed by atoms with Crippen LogP contribution in [0.2, 0.25) is 0 Å². The Hall–Kier alpha value is -1.81. The summed E-state index contributed by atoms with van der Waals surface area (Å²) in [5.74, 6) is 1.79. The molecule has 0 radical (unpaired) electrons. The van der Waals surface area contributed by atoms with E-state index in [-0.39, 0.29) is 0 Å². The Labute approximate surface area is 114 Å². The van der Waals surface area contributed by atoms with Crippen LogP contribution in [-0.4, -0.2) is 43.7 Å². The molecular formula is C15H21N3O. The largest absolute Gasteiger partial charge is 0.496 e. The van der Waals surface area contributed by atoms with Crippen LogP contribution in [0, 0.1) is 0 Å². The van der Waals surface area contributed by atoms with Crippen molar-refractivity contribution in [1.82, 2.24) is 9.88 Å². The number of anilines is 1. The van der Waals surface area contributed by atoms with Gasteiger partial charge < -0.3 is 15.0 Å². The predicted molar refractivity (Wildman–Crippen MR) is 79.9 cm³/mol. The standard InChI is InChI=1S/C15H21N3O/c1-11(18(2)3)10-17-15-13-6-5-7-14(19-4)12(13)8-9-16-15/h5-9,11H,10H2,1-4H3,(H,16,17). The first kappa shape index (κ1) is 13.6. The van der Waals surface area contributed by atoms with E-state index in [4.69, 9.17) is 4.74 Å². The van der Waals surface area contributed by atoms with Gasteiger partial charge in [0.05, 0.1) is 7.11 Å². The molecule has 0 fully saturated rings. The number of ether oxygens (including phenoxy) is 1. The first-order valence-electron chi connectivity index (χ1n) is 6.45. The summed E-state index contributed by atoms with van der Waals surface area (Å²) in [5.41, 5.74) is 0. The first-order valence-corrected chi connectivity index (χ1v) is 6.45. The summed E-state index contributed by atoms with van der Waals surface area (Å²) in [6.07, 6.45) is 1.81. The van der Waals surface area contributed by atoms with Crippen molar-refractivity contribution in [2.24, 2.45) is 0 Å². The summed E-state index contributed by atoms with van der Waals surface area (Å²) in [7, 11) is 5.84. The van der Waals surface area contributed by atoms with E-state index in [1.54, 1.807) is 7.11 Å². The predicted octanol–water partition coefficient (Wildman–Crippen LogP) is 2.61. The number of nitrogens with zero attached hydrogens (tertiary/aromatic N) is 2. The molecule has 19 heavy (non-hydrogen) atoms. The number of aromatic nitrogens is 1. The zero-order chi connectivity index (χ0) is 13.8. The van der Waals surface area contributed by atoms with Gasteiger partial charge in [0.1, 0.15) is 11.6 Å². The lowest BCUT2D eigenvalue weighted by Crippen LogP contribution is -2.31. The number of methoxy groups -OCH3 is 1. The van der Waals surface area contributed by atoms with Gasteiger partial charge in [0, 0.05) is 29.6 Å². The number of likely N-dealkylation sites (N-methyl/N-ethyl adjacent to an activating group) is 1. The monoisotopic (exact) mass is 259 g/mol. The summed E-state index contributed by atoms with van der Waals surface area (Å²) < 4.78 is 5.38. The van der Waals surface area contributed by atoms with Crippen molar-refractivity contribution in [3.63, 3.8) is 0 Å². The highest BCUT2D eigenvalue weighted by molar-refractivity contribution is 5.95. The molecular weight excluding hydrogens is 238 g/mol. The molecule has 4 heteroatoms. The minimum atomic E-state index is 0.447. The molecule has 0 saturated carbocycles. The van der Waals surface area contributed by atoms with Crippen molar-refractivity contribution < 1.29 is 4.74 Å². The number of fused-ring (bicyclic) bond motifs is 1. The third kappa shape index (κ3) is 2.96. The minimum Gasteiger partial charge on any atom is -0.496 e. The van der Waals surface area contributed by atoms with Crippen LogP contribution in [0.4, 0.5) is 5.82 Å². The van der Waals surface area contributed by atoms with E-state index in [2.05, 4.69) is 42.3 Å². The van der Waals surface area contributed by atoms with Gasteiger partial charge in [-0.3, -0.25) is 0 Å². The molecule has 0 spiro atoms. The summed E-state index contributed by atoms with van der Waals surface area (Å²) >= 11 is 0. The first-order chi connectivity index (χ1) is 9.13. The van der Waals surface area contributed by atoms with Crippen molar-refractivity contribution in [3.05, 3.63) is 30.5 Å². The van der Waals surface area contributed by atoms with Gasteiger partial charge in [-0.15, -0.1) is 0 Å². The molecule has 1 atom stereocenters. The fraction of sp³-hybridized carbons (Fsp3) is 0.400. The van der Waals surface area contributed by atoms with Crippen LogP contribution in [0.3, 0.4) is 0 Å². The Morgan fingerprint density at radius 2 is 2.05 bits per heavy atom. The van der Waals surface area contributed by atoms with Crippen molar-refractivity contribution in [2.45, 2.75) is 13.0 Å². The van der Waals surface area contributed by atoms with Gasteiger partial charge in [0.25, 0.3) is 0 Å². The molecule has 0 aliphatic heterocycles. The van der Waals surface area contributed by atoms with Crippen molar-refractivity contribution in [1.29, 1.82) is 0 Å². The van der Waals surface area contributed by atoms with Gasteiger partial charge >= 0.3 is 0 Å². The summed E-state index contributed by atoms with van der Waals surface area (Å²) in [6, 6.07) is 8.45. The van der Waals surface area contributed by atoms with Gasteiger partial charge in [0.2, 0.25) is 0 Å². The Balaban J connectivity index is 2.29. The summed E-state index contributed by atoms with van der Waals surface area (Å²) in [5, 5.41) is 5.59. The topological polar surface area (TPSA) is 37.4 Å². The maximum atomic E-state index is 5.38. The molecule has 1 aromatic carbocycles. The van der Waals surface area contributed by atoms with Gasteiger partial charge in [-0.25, -0.2) is 4.98 Å². The minimum absolute atomic E-state index is 0.447. The molecule has 1 unspecified atom stereocenters. The SMILES string of the molecule is COc1cccc2c(NCC(C)N(C)C)nccc12. The summed E-state index contributed by atoms with van der Waals surface area (Å²) in [4.78, 5) is 6.61. The third-order valence-electron chi connectivity index (χ3n) is 3.43. The fourth-order valence-corrected chi connectivity index (χ4v) is 1.92. The van der Waals surface area contributed by atoms with E-state index in [9.17, 15) is 0 Å². The maximum absolute atomic E-state index is 5.38. The zero-order valence-electron chi connectivity index (χ0n) is 12.0. The Kier molecular flexibility index (Phi) is 4.22. The number of hydrogen-bond donors (Lipinski definition) is 1. The van der Waals surface area contributed by atoms with Crippen LogP contribution in [0.1, 0.15) is 6.92 Å². The van der Waals surface area contributed by atoms with E-state index in [1.807, 2.05) is 24.4 Å². The molecule has 0 aliphatic rings. The molecule has 0 saturated heterocycles. The highest BCUT2D eigenvalue weighted by atomic mass is 16.5. The zero-order valence-corrected chi connectivity index (χ0v) is 12.0. The van der Waals surface area contributed by atoms with Crippen LogP contribution in [-0.2, 0) is 0 Å². The van der Waals surface area contributed by atoms with Gasteiger partial charge in [0.15, 0.2) is 0 Å². The third-order valence-corrected chi connectivity index (χ3v) is 3.43. The fourth-order valence-electron chi connectivity index (χ4n) is 1.92. The lowest BCUT2D eigenvalue weighted by Gasteiger charge is -2.20. The van der Waals surface area contributed by atoms with E-state index in [0.29, 0.717) is 6.04 Å². The van der Waals surface area contributed by atoms with Crippen LogP contribution < -0.4 is 10.1 Å². The second-order valence-electron chi connectivity index (χ2n) is 4.91. The second-order valence-corrected chi connectivity index (χ2v) is 4.91. The summed E-state index contributed by atoms with van der Waals surface area (Å²) in [6.45, 7) is 3.04. The van der Waals surface area contributed by atoms with Gasteiger partial charge in [-0.2, -0.15) is 0 Å². The molecule has 0 amide bonds. The van der Waals surface area contributed by atoms with Crippen LogP contribution >= 0.6 is 0 Å². The molecule has 2 aromatic rings. The number of rotatable bonds is 5. The Morgan fingerprint density at radius 1 is 1.26 bits per heavy atom. The van der Waals surface area contributed by atoms with Crippen LogP contribution in [0.5, 0.6) is 5.75 Å². The van der Waals surface area contributed by atoms with E-state index in [1.165, 1.54) is 0 Å². The quantitative estimate of drug-likeness (QED) is 0.895. The van der Waals surface area contributed by atoms with Crippen molar-refractivity contribution in [3.8, 4) is 5.75 Å². The van der Waals surface area contributed by atoms with Crippen LogP contribution in [0.25, 0.3) is 10.8 Å². The molecule has 4 nitrogen and oxygen atoms in total. The average Bonchev–Trinajstić information content (AvgIpc) is 2.43. The molecule has 1 N–H and O–H groups in total. The lowest BCUT2D eigenvalue weighted by atomic mass is 10.1. The Morgan fingerprint density at radius 3 is 2.74 bits per heavy atom. The van der Waals surface area contributed by atoms with Crippen LogP contribution in [0.15, 0.2) is 30.5 Å². The van der Waals surface area contributed by atoms with Crippen molar-refractivity contribution in [2.75, 3.05) is 33.1 Å². The van der Waals surface area contributed by atoms with E-state index >= 15 is 0 Å². The lowest BCUT2D eigenvalue weighted by molar-refractivity contribution is 0.326. The highest BCUT2D eigenvalue weighted by Crippen LogP contribution is 2.28. The van der Waals surface area contributed by atoms with Gasteiger partial charge in [-0.1, -0.05) is 12.1 Å². The van der Waals surface area contributed by atoms with E-state index in [0.717, 1.165) is 28.9 Å². The second kappa shape index (κ2) is 5.89. The van der Waals surface area contributed by atoms with Crippen molar-refractivity contribution >= 4 is 16.6 Å². The smallest absolute Gasteiger partial charge is 0.134 e.